The summed E-state index contributed by atoms with van der Waals surface area (Å²) in [5, 5.41) is 3.45. The van der Waals surface area contributed by atoms with Gasteiger partial charge in [-0.05, 0) is 6.92 Å². The number of nitrogens with zero attached hydrogens (tertiary/aromatic N) is 2. The summed E-state index contributed by atoms with van der Waals surface area (Å²) in [4.78, 5) is 29.3. The summed E-state index contributed by atoms with van der Waals surface area (Å²) in [6.45, 7) is 3.10. The highest BCUT2D eigenvalue weighted by Gasteiger charge is 2.28. The number of hydrogen-bond acceptors (Lipinski definition) is 6. The summed E-state index contributed by atoms with van der Waals surface area (Å²) >= 11 is 1.24. The quantitative estimate of drug-likeness (QED) is 0.767. The number of aromatic nitrogens is 1. The third-order valence-electron chi connectivity index (χ3n) is 2.62. The van der Waals surface area contributed by atoms with Crippen LogP contribution in [0.4, 0.5) is 5.13 Å². The fraction of sp³-hybridized carbons (Fsp3) is 0.500. The van der Waals surface area contributed by atoms with Crippen molar-refractivity contribution in [1.82, 2.24) is 10.3 Å². The van der Waals surface area contributed by atoms with Gasteiger partial charge in [-0.25, -0.2) is 9.78 Å². The molecule has 0 spiro atoms. The molecule has 1 aliphatic rings. The number of anilines is 1. The summed E-state index contributed by atoms with van der Waals surface area (Å²) < 4.78 is 4.62. The molecule has 2 rings (SSSR count). The highest BCUT2D eigenvalue weighted by atomic mass is 32.1. The molecule has 0 aromatic carbocycles. The molecule has 6 nitrogen and oxygen atoms in total. The maximum absolute atomic E-state index is 11.5. The minimum absolute atomic E-state index is 0.0222. The minimum atomic E-state index is -0.400. The fourth-order valence-electron chi connectivity index (χ4n) is 1.64. The molecule has 0 aliphatic carbocycles. The molecule has 1 amide bonds. The maximum Gasteiger partial charge on any atom is 0.349 e. The third-order valence-corrected chi connectivity index (χ3v) is 3.64. The predicted octanol–water partition coefficient (Wildman–Crippen LogP) is 0.254. The number of carbonyl (C=O) groups excluding carboxylic acids is 2. The minimum Gasteiger partial charge on any atom is -0.465 e. The molecule has 1 N–H and O–H groups in total. The highest BCUT2D eigenvalue weighted by Crippen LogP contribution is 2.25. The number of rotatable bonds is 2. The largest absolute Gasteiger partial charge is 0.465 e. The Morgan fingerprint density at radius 2 is 2.47 bits per heavy atom. The molecular weight excluding hydrogens is 242 g/mol. The van der Waals surface area contributed by atoms with Gasteiger partial charge in [-0.2, -0.15) is 0 Å². The Labute approximate surface area is 103 Å². The summed E-state index contributed by atoms with van der Waals surface area (Å²) in [5.74, 6) is -0.422. The van der Waals surface area contributed by atoms with Crippen LogP contribution in [0.1, 0.15) is 16.6 Å². The van der Waals surface area contributed by atoms with Gasteiger partial charge in [0.25, 0.3) is 0 Å². The van der Waals surface area contributed by atoms with Crippen molar-refractivity contribution in [2.24, 2.45) is 0 Å². The van der Waals surface area contributed by atoms with E-state index in [0.29, 0.717) is 23.1 Å². The van der Waals surface area contributed by atoms with Crippen molar-refractivity contribution < 1.29 is 14.3 Å². The van der Waals surface area contributed by atoms with Crippen LogP contribution in [-0.2, 0) is 9.53 Å². The third kappa shape index (κ3) is 2.23. The van der Waals surface area contributed by atoms with E-state index < -0.39 is 5.97 Å². The lowest BCUT2D eigenvalue weighted by Gasteiger charge is -2.32. The van der Waals surface area contributed by atoms with Crippen LogP contribution in [0.25, 0.3) is 0 Å². The zero-order valence-electron chi connectivity index (χ0n) is 9.60. The first-order valence-electron chi connectivity index (χ1n) is 5.22. The molecule has 1 aromatic rings. The lowest BCUT2D eigenvalue weighted by atomic mass is 10.2. The van der Waals surface area contributed by atoms with Gasteiger partial charge in [-0.3, -0.25) is 4.79 Å². The van der Waals surface area contributed by atoms with Crippen LogP contribution < -0.4 is 10.2 Å². The first-order valence-corrected chi connectivity index (χ1v) is 6.03. The van der Waals surface area contributed by atoms with Crippen molar-refractivity contribution in [3.8, 4) is 0 Å². The van der Waals surface area contributed by atoms with Crippen LogP contribution in [0.5, 0.6) is 0 Å². The molecule has 1 unspecified atom stereocenters. The second-order valence-electron chi connectivity index (χ2n) is 3.66. The van der Waals surface area contributed by atoms with Crippen LogP contribution >= 0.6 is 11.3 Å². The molecule has 2 heterocycles. The van der Waals surface area contributed by atoms with Gasteiger partial charge in [-0.15, -0.1) is 0 Å². The van der Waals surface area contributed by atoms with Crippen molar-refractivity contribution in [1.29, 1.82) is 0 Å². The fourth-order valence-corrected chi connectivity index (χ4v) is 2.58. The number of thiazole rings is 1. The van der Waals surface area contributed by atoms with E-state index in [-0.39, 0.29) is 11.9 Å². The number of methoxy groups -OCH3 is 1. The number of piperazine rings is 1. The average molecular weight is 255 g/mol. The normalized spacial score (nSPS) is 20.0. The number of nitrogens with one attached hydrogen (secondary N) is 1. The first-order chi connectivity index (χ1) is 8.13. The Morgan fingerprint density at radius 1 is 1.71 bits per heavy atom. The van der Waals surface area contributed by atoms with E-state index in [1.54, 1.807) is 0 Å². The highest BCUT2D eigenvalue weighted by molar-refractivity contribution is 7.17. The molecule has 0 bridgehead atoms. The van der Waals surface area contributed by atoms with E-state index in [1.807, 2.05) is 11.8 Å². The zero-order valence-corrected chi connectivity index (χ0v) is 10.4. The Kier molecular flexibility index (Phi) is 3.28. The van der Waals surface area contributed by atoms with E-state index in [1.165, 1.54) is 24.6 Å². The number of esters is 1. The number of hydrogen-bond donors (Lipinski definition) is 1. The van der Waals surface area contributed by atoms with Crippen molar-refractivity contribution in [3.63, 3.8) is 0 Å². The van der Waals surface area contributed by atoms with Gasteiger partial charge in [0.2, 0.25) is 5.91 Å². The summed E-state index contributed by atoms with van der Waals surface area (Å²) in [6, 6.07) is -0.264. The van der Waals surface area contributed by atoms with E-state index in [0.717, 1.165) is 0 Å². The van der Waals surface area contributed by atoms with Crippen molar-refractivity contribution in [2.45, 2.75) is 13.0 Å². The van der Waals surface area contributed by atoms with Gasteiger partial charge < -0.3 is 15.0 Å². The lowest BCUT2D eigenvalue weighted by Crippen LogP contribution is -2.54. The van der Waals surface area contributed by atoms with Gasteiger partial charge in [0.1, 0.15) is 10.9 Å². The van der Waals surface area contributed by atoms with Crippen LogP contribution in [-0.4, -0.2) is 43.1 Å². The van der Waals surface area contributed by atoms with Crippen molar-refractivity contribution >= 4 is 28.3 Å². The van der Waals surface area contributed by atoms with Crippen molar-refractivity contribution in [3.05, 3.63) is 11.1 Å². The topological polar surface area (TPSA) is 71.5 Å². The van der Waals surface area contributed by atoms with Gasteiger partial charge >= 0.3 is 5.97 Å². The van der Waals surface area contributed by atoms with E-state index in [9.17, 15) is 9.59 Å². The summed E-state index contributed by atoms with van der Waals surface area (Å²) in [6.07, 6.45) is 1.48. The summed E-state index contributed by atoms with van der Waals surface area (Å²) in [7, 11) is 1.33. The van der Waals surface area contributed by atoms with Crippen LogP contribution in [0.15, 0.2) is 6.20 Å². The number of amides is 1. The molecule has 17 heavy (non-hydrogen) atoms. The second kappa shape index (κ2) is 4.70. The molecule has 1 aromatic heterocycles. The monoisotopic (exact) mass is 255 g/mol. The van der Waals surface area contributed by atoms with Gasteiger partial charge in [-0.1, -0.05) is 11.3 Å². The summed E-state index contributed by atoms with van der Waals surface area (Å²) in [5.41, 5.74) is 0. The van der Waals surface area contributed by atoms with Crippen molar-refractivity contribution in [2.75, 3.05) is 25.1 Å². The molecule has 0 saturated carbocycles. The van der Waals surface area contributed by atoms with E-state index in [2.05, 4.69) is 15.0 Å². The van der Waals surface area contributed by atoms with Gasteiger partial charge in [0.05, 0.1) is 13.3 Å². The van der Waals surface area contributed by atoms with Crippen LogP contribution in [0.2, 0.25) is 0 Å². The molecule has 0 radical (unpaired) electrons. The first kappa shape index (κ1) is 11.8. The SMILES string of the molecule is COC(=O)c1cnc(N2CCNC(=O)C2C)s1. The lowest BCUT2D eigenvalue weighted by molar-refractivity contribution is -0.122. The standard InChI is InChI=1S/C10H13N3O3S/c1-6-8(14)11-3-4-13(6)10-12-5-7(17-10)9(15)16-2/h5-6H,3-4H2,1-2H3,(H,11,14). The number of carbonyl (C=O) groups is 2. The predicted molar refractivity (Wildman–Crippen MR) is 63.3 cm³/mol. The molecular formula is C10H13N3O3S. The Balaban J connectivity index is 2.19. The van der Waals surface area contributed by atoms with Gasteiger partial charge in [0.15, 0.2) is 5.13 Å². The van der Waals surface area contributed by atoms with Crippen LogP contribution in [0, 0.1) is 0 Å². The smallest absolute Gasteiger partial charge is 0.349 e. The van der Waals surface area contributed by atoms with E-state index >= 15 is 0 Å². The Hall–Kier alpha value is -1.63. The molecule has 92 valence electrons. The Bertz CT molecular complexity index is 446. The Morgan fingerprint density at radius 3 is 3.18 bits per heavy atom. The number of ether oxygens (including phenoxy) is 1. The molecule has 7 heteroatoms. The van der Waals surface area contributed by atoms with E-state index in [4.69, 9.17) is 0 Å². The van der Waals surface area contributed by atoms with Crippen LogP contribution in [0.3, 0.4) is 0 Å². The van der Waals surface area contributed by atoms with Gasteiger partial charge in [0, 0.05) is 13.1 Å². The molecule has 1 saturated heterocycles. The second-order valence-corrected chi connectivity index (χ2v) is 4.67. The molecule has 1 atom stereocenters. The zero-order chi connectivity index (χ0) is 12.4. The average Bonchev–Trinajstić information content (AvgIpc) is 2.81. The molecule has 1 fully saturated rings. The maximum atomic E-state index is 11.5. The molecule has 1 aliphatic heterocycles.